The molecule has 0 saturated carbocycles. The molecule has 0 aliphatic carbocycles. The zero-order chi connectivity index (χ0) is 14.3. The Morgan fingerprint density at radius 3 is 2.11 bits per heavy atom. The first-order valence-corrected chi connectivity index (χ1v) is 7.40. The first kappa shape index (κ1) is 16.0. The Bertz CT molecular complexity index is 345. The first-order chi connectivity index (χ1) is 9.01. The molecule has 0 aromatic heterocycles. The van der Waals surface area contributed by atoms with Crippen molar-refractivity contribution in [3.8, 4) is 5.75 Å². The molecule has 2 atom stereocenters. The minimum Gasteiger partial charge on any atom is -0.497 e. The van der Waals surface area contributed by atoms with Gasteiger partial charge in [-0.2, -0.15) is 0 Å². The molecule has 0 amide bonds. The Balaban J connectivity index is 2.34. The minimum atomic E-state index is 0.510. The summed E-state index contributed by atoms with van der Waals surface area (Å²) in [4.78, 5) is 0. The monoisotopic (exact) mass is 263 g/mol. The number of hydrogen-bond acceptors (Lipinski definition) is 2. The standard InChI is InChI=1S/C17H29NO/c1-13(2)6-7-14(3)18-15(4)12-16-8-10-17(19-5)11-9-16/h8-11,13-15,18H,6-7,12H2,1-5H3. The highest BCUT2D eigenvalue weighted by atomic mass is 16.5. The molecule has 1 rings (SSSR count). The van der Waals surface area contributed by atoms with Gasteiger partial charge in [-0.1, -0.05) is 26.0 Å². The Labute approximate surface area is 118 Å². The molecule has 0 fully saturated rings. The van der Waals surface area contributed by atoms with E-state index in [1.54, 1.807) is 7.11 Å². The van der Waals surface area contributed by atoms with Gasteiger partial charge in [0, 0.05) is 12.1 Å². The predicted molar refractivity (Wildman–Crippen MR) is 82.8 cm³/mol. The van der Waals surface area contributed by atoms with Crippen molar-refractivity contribution in [1.29, 1.82) is 0 Å². The van der Waals surface area contributed by atoms with Gasteiger partial charge in [0.1, 0.15) is 5.75 Å². The lowest BCUT2D eigenvalue weighted by Crippen LogP contribution is -2.36. The van der Waals surface area contributed by atoms with Crippen LogP contribution in [0, 0.1) is 5.92 Å². The summed E-state index contributed by atoms with van der Waals surface area (Å²) in [5.74, 6) is 1.72. The summed E-state index contributed by atoms with van der Waals surface area (Å²) < 4.78 is 5.18. The van der Waals surface area contributed by atoms with Crippen molar-refractivity contribution >= 4 is 0 Å². The van der Waals surface area contributed by atoms with Gasteiger partial charge in [-0.05, 0) is 56.7 Å². The topological polar surface area (TPSA) is 21.3 Å². The average Bonchev–Trinajstić information content (AvgIpc) is 2.37. The molecule has 1 aromatic carbocycles. The molecule has 0 spiro atoms. The molecule has 1 N–H and O–H groups in total. The van der Waals surface area contributed by atoms with Gasteiger partial charge in [-0.15, -0.1) is 0 Å². The second kappa shape index (κ2) is 8.21. The van der Waals surface area contributed by atoms with Crippen LogP contribution < -0.4 is 10.1 Å². The molecule has 0 heterocycles. The lowest BCUT2D eigenvalue weighted by Gasteiger charge is -2.21. The molecule has 2 heteroatoms. The van der Waals surface area contributed by atoms with E-state index in [4.69, 9.17) is 4.74 Å². The van der Waals surface area contributed by atoms with Gasteiger partial charge in [0.2, 0.25) is 0 Å². The van der Waals surface area contributed by atoms with E-state index in [9.17, 15) is 0 Å². The van der Waals surface area contributed by atoms with Crippen molar-refractivity contribution in [2.75, 3.05) is 7.11 Å². The molecule has 108 valence electrons. The van der Waals surface area contributed by atoms with Crippen molar-refractivity contribution in [3.05, 3.63) is 29.8 Å². The fraction of sp³-hybridized carbons (Fsp3) is 0.647. The second-order valence-electron chi connectivity index (χ2n) is 5.99. The number of nitrogens with one attached hydrogen (secondary N) is 1. The van der Waals surface area contributed by atoms with Crippen LogP contribution in [0.4, 0.5) is 0 Å². The van der Waals surface area contributed by atoms with Crippen molar-refractivity contribution in [2.24, 2.45) is 5.92 Å². The fourth-order valence-electron chi connectivity index (χ4n) is 2.33. The molecule has 0 aliphatic heterocycles. The van der Waals surface area contributed by atoms with E-state index in [1.165, 1.54) is 18.4 Å². The van der Waals surface area contributed by atoms with E-state index in [0.29, 0.717) is 12.1 Å². The summed E-state index contributed by atoms with van der Waals surface area (Å²) >= 11 is 0. The van der Waals surface area contributed by atoms with Crippen molar-refractivity contribution < 1.29 is 4.74 Å². The summed E-state index contributed by atoms with van der Waals surface area (Å²) in [7, 11) is 1.70. The van der Waals surface area contributed by atoms with Crippen LogP contribution in [0.25, 0.3) is 0 Å². The summed E-state index contributed by atoms with van der Waals surface area (Å²) in [6, 6.07) is 9.46. The van der Waals surface area contributed by atoms with Crippen LogP contribution in [-0.4, -0.2) is 19.2 Å². The fourth-order valence-corrected chi connectivity index (χ4v) is 2.33. The van der Waals surface area contributed by atoms with Gasteiger partial charge in [-0.3, -0.25) is 0 Å². The largest absolute Gasteiger partial charge is 0.497 e. The van der Waals surface area contributed by atoms with E-state index in [2.05, 4.69) is 45.1 Å². The van der Waals surface area contributed by atoms with Crippen molar-refractivity contribution in [3.63, 3.8) is 0 Å². The summed E-state index contributed by atoms with van der Waals surface area (Å²) in [5.41, 5.74) is 1.36. The molecule has 2 unspecified atom stereocenters. The molecule has 19 heavy (non-hydrogen) atoms. The van der Waals surface area contributed by atoms with Gasteiger partial charge in [-0.25, -0.2) is 0 Å². The number of benzene rings is 1. The Kier molecular flexibility index (Phi) is 6.93. The molecule has 1 aromatic rings. The molecule has 0 saturated heterocycles. The number of hydrogen-bond donors (Lipinski definition) is 1. The number of ether oxygens (including phenoxy) is 1. The van der Waals surface area contributed by atoms with E-state index >= 15 is 0 Å². The van der Waals surface area contributed by atoms with Gasteiger partial charge < -0.3 is 10.1 Å². The Morgan fingerprint density at radius 1 is 0.947 bits per heavy atom. The van der Waals surface area contributed by atoms with E-state index < -0.39 is 0 Å². The average molecular weight is 263 g/mol. The number of methoxy groups -OCH3 is 1. The highest BCUT2D eigenvalue weighted by Crippen LogP contribution is 2.13. The molecule has 0 aliphatic rings. The predicted octanol–water partition coefficient (Wildman–Crippen LogP) is 4.04. The van der Waals surface area contributed by atoms with Crippen LogP contribution in [0.3, 0.4) is 0 Å². The van der Waals surface area contributed by atoms with Gasteiger partial charge in [0.15, 0.2) is 0 Å². The van der Waals surface area contributed by atoms with Crippen molar-refractivity contribution in [1.82, 2.24) is 5.32 Å². The van der Waals surface area contributed by atoms with Crippen molar-refractivity contribution in [2.45, 2.75) is 59.0 Å². The third-order valence-corrected chi connectivity index (χ3v) is 3.45. The molecule has 0 bridgehead atoms. The van der Waals surface area contributed by atoms with Crippen LogP contribution in [-0.2, 0) is 6.42 Å². The van der Waals surface area contributed by atoms with Crippen LogP contribution in [0.15, 0.2) is 24.3 Å². The van der Waals surface area contributed by atoms with Crippen LogP contribution >= 0.6 is 0 Å². The zero-order valence-corrected chi connectivity index (χ0v) is 13.1. The Hall–Kier alpha value is -1.02. The maximum atomic E-state index is 5.18. The second-order valence-corrected chi connectivity index (χ2v) is 5.99. The molecular weight excluding hydrogens is 234 g/mol. The van der Waals surface area contributed by atoms with Gasteiger partial charge in [0.25, 0.3) is 0 Å². The van der Waals surface area contributed by atoms with E-state index in [1.807, 2.05) is 12.1 Å². The first-order valence-electron chi connectivity index (χ1n) is 7.40. The lowest BCUT2D eigenvalue weighted by molar-refractivity contribution is 0.408. The van der Waals surface area contributed by atoms with Gasteiger partial charge >= 0.3 is 0 Å². The summed E-state index contributed by atoms with van der Waals surface area (Å²) in [6.45, 7) is 9.12. The van der Waals surface area contributed by atoms with E-state index in [-0.39, 0.29) is 0 Å². The number of rotatable bonds is 8. The zero-order valence-electron chi connectivity index (χ0n) is 13.1. The molecule has 0 radical (unpaired) electrons. The highest BCUT2D eigenvalue weighted by Gasteiger charge is 2.09. The summed E-state index contributed by atoms with van der Waals surface area (Å²) in [6.07, 6.45) is 3.62. The third-order valence-electron chi connectivity index (χ3n) is 3.45. The quantitative estimate of drug-likeness (QED) is 0.764. The maximum Gasteiger partial charge on any atom is 0.118 e. The maximum absolute atomic E-state index is 5.18. The smallest absolute Gasteiger partial charge is 0.118 e. The summed E-state index contributed by atoms with van der Waals surface area (Å²) in [5, 5.41) is 3.68. The minimum absolute atomic E-state index is 0.510. The van der Waals surface area contributed by atoms with Crippen LogP contribution in [0.2, 0.25) is 0 Å². The lowest BCUT2D eigenvalue weighted by atomic mass is 10.0. The molecular formula is C17H29NO. The molecule has 2 nitrogen and oxygen atoms in total. The van der Waals surface area contributed by atoms with Crippen LogP contribution in [0.1, 0.15) is 46.1 Å². The van der Waals surface area contributed by atoms with Crippen LogP contribution in [0.5, 0.6) is 5.75 Å². The Morgan fingerprint density at radius 2 is 1.58 bits per heavy atom. The van der Waals surface area contributed by atoms with E-state index in [0.717, 1.165) is 18.1 Å². The third kappa shape index (κ3) is 6.63. The normalized spacial score (nSPS) is 14.4. The van der Waals surface area contributed by atoms with Gasteiger partial charge in [0.05, 0.1) is 7.11 Å². The highest BCUT2D eigenvalue weighted by molar-refractivity contribution is 5.27. The SMILES string of the molecule is COc1ccc(CC(C)NC(C)CCC(C)C)cc1.